The van der Waals surface area contributed by atoms with Crippen molar-refractivity contribution in [2.24, 2.45) is 29.2 Å². The molecule has 2 saturated heterocycles. The molecule has 3 aliphatic heterocycles. The summed E-state index contributed by atoms with van der Waals surface area (Å²) >= 11 is 0. The van der Waals surface area contributed by atoms with Crippen LogP contribution in [0.25, 0.3) is 0 Å². The van der Waals surface area contributed by atoms with Gasteiger partial charge in [-0.3, -0.25) is 43.2 Å². The van der Waals surface area contributed by atoms with Gasteiger partial charge in [0, 0.05) is 75.8 Å². The van der Waals surface area contributed by atoms with Gasteiger partial charge in [-0.1, -0.05) is 98.9 Å². The van der Waals surface area contributed by atoms with Crippen LogP contribution in [0.5, 0.6) is 0 Å². The first-order valence-corrected chi connectivity index (χ1v) is 35.9. The Kier molecular flexibility index (Phi) is 45.4. The standard InChI is InChI=1S/C67H103N5O19.2C4H7NO4/c1-42-21-19-17-15-13-11-9-10-12-14-16-18-20-22-54(89-66-63(85)61(62(84)44(3)88-66)70-58(82)41-72(7)8)38-57-60(65(86)69-29-30-71(5)6)56(81)40-67(87,91-57)39-53(79)35-51(77)33-49(75)31-48(74)32-50(76)34-52(78)37-59(83)90-64(42)43(2)23-28-47(73)36-55(80)45-24-26-46(68-4)27-25-45;2*5-2(4(8)9)1-3(6)7/h9-22,24-27,42-44,47-49,51-54,56-57,60-64,66,68,73-75,77-79,81,84-85,87H,23,28-41H2,1-8H3,(H,69,86)(H,70,82);2*2H,1,5H2,(H,6,7)(H,8,9)/b10-9+,13-11+,14-12+,17-15+,18-16+,21-19+,22-20+;;/t42?,43-,44+,47?,48+,49-,51-,52+,53-,54-,56-,57-,60+,61-,62+,63-,64?,66-,67+;2*2-/m000/s1. The van der Waals surface area contributed by atoms with E-state index in [1.165, 1.54) is 6.92 Å². The topological polar surface area (TPSA) is 568 Å². The van der Waals surface area contributed by atoms with Gasteiger partial charge in [0.1, 0.15) is 36.2 Å². The Morgan fingerprint density at radius 1 is 0.642 bits per heavy atom. The Morgan fingerprint density at radius 2 is 1.16 bits per heavy atom. The van der Waals surface area contributed by atoms with Crippen molar-refractivity contribution in [2.75, 3.05) is 60.2 Å². The smallest absolute Gasteiger partial charge is 0.321 e. The van der Waals surface area contributed by atoms with E-state index < -0.39 is 227 Å². The van der Waals surface area contributed by atoms with Crippen molar-refractivity contribution >= 4 is 58.9 Å². The number of amides is 2. The highest BCUT2D eigenvalue weighted by Crippen LogP contribution is 2.39. The Morgan fingerprint density at radius 3 is 1.66 bits per heavy atom. The summed E-state index contributed by atoms with van der Waals surface area (Å²) in [6.07, 6.45) is 1.12. The summed E-state index contributed by atoms with van der Waals surface area (Å²) in [4.78, 5) is 109. The van der Waals surface area contributed by atoms with E-state index in [9.17, 15) is 94.2 Å². The third-order valence-electron chi connectivity index (χ3n) is 17.4. The van der Waals surface area contributed by atoms with Gasteiger partial charge in [0.15, 0.2) is 17.9 Å². The summed E-state index contributed by atoms with van der Waals surface area (Å²) < 4.78 is 24.6. The number of nitrogens with one attached hydrogen (secondary N) is 3. The number of ketones is 2. The fourth-order valence-corrected chi connectivity index (χ4v) is 11.8. The maximum absolute atomic E-state index is 14.0. The molecule has 0 spiro atoms. The molecule has 2 bridgehead atoms. The molecule has 1 aromatic carbocycles. The number of carboxylic acids is 4. The second kappa shape index (κ2) is 50.8. The van der Waals surface area contributed by atoms with Crippen LogP contribution in [0.1, 0.15) is 121 Å². The van der Waals surface area contributed by atoms with E-state index in [0.29, 0.717) is 18.5 Å². The summed E-state index contributed by atoms with van der Waals surface area (Å²) in [6, 6.07) is 3.10. The van der Waals surface area contributed by atoms with E-state index in [-0.39, 0.29) is 50.0 Å². The molecule has 0 radical (unpaired) electrons. The minimum absolute atomic E-state index is 0.0513. The highest BCUT2D eigenvalue weighted by atomic mass is 16.7. The van der Waals surface area contributed by atoms with Crippen molar-refractivity contribution in [2.45, 2.75) is 220 Å². The van der Waals surface area contributed by atoms with Gasteiger partial charge < -0.3 is 128 Å². The Hall–Kier alpha value is -7.85. The molecule has 109 heavy (non-hydrogen) atoms. The number of anilines is 1. The molecule has 1 aromatic rings. The molecule has 34 nitrogen and oxygen atoms in total. The highest BCUT2D eigenvalue weighted by molar-refractivity contribution is 5.96. The molecule has 21 atom stereocenters. The lowest BCUT2D eigenvalue weighted by Crippen LogP contribution is -2.64. The fraction of sp³-hybridized carbons (Fsp3) is 0.613. The van der Waals surface area contributed by atoms with Gasteiger partial charge in [-0.15, -0.1) is 0 Å². The number of aliphatic hydroxyl groups is 10. The summed E-state index contributed by atoms with van der Waals surface area (Å²) in [5.74, 6) is -12.1. The van der Waals surface area contributed by atoms with Crippen molar-refractivity contribution in [3.63, 3.8) is 0 Å². The van der Waals surface area contributed by atoms with E-state index in [1.54, 1.807) is 129 Å². The zero-order valence-corrected chi connectivity index (χ0v) is 63.1. The Balaban J connectivity index is 0.00000197. The zero-order valence-electron chi connectivity index (χ0n) is 63.1. The van der Waals surface area contributed by atoms with Crippen LogP contribution >= 0.6 is 0 Å². The second-order valence-corrected chi connectivity index (χ2v) is 28.0. The van der Waals surface area contributed by atoms with Crippen molar-refractivity contribution < 1.29 is 134 Å². The molecule has 2 amide bonds. The maximum atomic E-state index is 14.0. The number of nitrogens with zero attached hydrogens (tertiary/aromatic N) is 2. The fourth-order valence-electron chi connectivity index (χ4n) is 11.8. The first kappa shape index (κ1) is 97.2. The third-order valence-corrected chi connectivity index (χ3v) is 17.4. The van der Waals surface area contributed by atoms with Crippen molar-refractivity contribution in [3.05, 3.63) is 115 Å². The molecule has 0 saturated carbocycles. The number of nitrogens with two attached hydrogens (primary N) is 2. The number of aliphatic carboxylic acids is 4. The molecule has 4 rings (SSSR count). The van der Waals surface area contributed by atoms with Crippen LogP contribution in [0.2, 0.25) is 0 Å². The molecule has 3 aliphatic rings. The molecule has 0 aliphatic carbocycles. The predicted molar refractivity (Wildman–Crippen MR) is 397 cm³/mol. The first-order chi connectivity index (χ1) is 51.1. The van der Waals surface area contributed by atoms with Crippen molar-refractivity contribution in [1.29, 1.82) is 0 Å². The van der Waals surface area contributed by atoms with Crippen molar-refractivity contribution in [3.8, 4) is 0 Å². The number of allylic oxidation sites excluding steroid dienone is 12. The normalized spacial score (nSPS) is 31.2. The number of fused-ring (bicyclic) bond motifs is 2. The molecule has 2 fully saturated rings. The quantitative estimate of drug-likeness (QED) is 0.0498. The lowest BCUT2D eigenvalue weighted by molar-refractivity contribution is -0.307. The molecule has 614 valence electrons. The molecule has 21 N–H and O–H groups in total. The van der Waals surface area contributed by atoms with Crippen LogP contribution < -0.4 is 27.4 Å². The molecular formula is C75H117N7O27. The van der Waals surface area contributed by atoms with E-state index in [0.717, 1.165) is 5.69 Å². The van der Waals surface area contributed by atoms with Gasteiger partial charge in [-0.05, 0) is 97.4 Å². The average molecular weight is 1550 g/mol. The first-order valence-electron chi connectivity index (χ1n) is 35.9. The second-order valence-electron chi connectivity index (χ2n) is 28.0. The number of carboxylic acid groups (broad SMARTS) is 4. The third kappa shape index (κ3) is 40.1. The number of esters is 1. The number of likely N-dealkylation sites (N-methyl/N-ethyl adjacent to an activating group) is 2. The van der Waals surface area contributed by atoms with Crippen LogP contribution in [0.15, 0.2) is 109 Å². The van der Waals surface area contributed by atoms with Gasteiger partial charge in [0.25, 0.3) is 0 Å². The predicted octanol–water partition coefficient (Wildman–Crippen LogP) is -0.196. The van der Waals surface area contributed by atoms with Crippen LogP contribution in [-0.4, -0.2) is 299 Å². The van der Waals surface area contributed by atoms with Gasteiger partial charge in [-0.25, -0.2) is 0 Å². The summed E-state index contributed by atoms with van der Waals surface area (Å²) in [6.45, 7) is 5.81. The Bertz CT molecular complexity index is 3170. The summed E-state index contributed by atoms with van der Waals surface area (Å²) in [5.41, 5.74) is 11.0. The summed E-state index contributed by atoms with van der Waals surface area (Å²) in [7, 11) is 8.75. The molecule has 3 heterocycles. The van der Waals surface area contributed by atoms with E-state index >= 15 is 0 Å². The lowest BCUT2D eigenvalue weighted by Gasteiger charge is -2.46. The number of benzene rings is 1. The number of aliphatic hydroxyl groups excluding tert-OH is 9. The molecule has 3 unspecified atom stereocenters. The summed E-state index contributed by atoms with van der Waals surface area (Å²) in [5, 5.41) is 153. The monoisotopic (exact) mass is 1550 g/mol. The molecule has 34 heteroatoms. The Labute approximate surface area is 635 Å². The van der Waals surface area contributed by atoms with E-state index in [1.807, 2.05) is 38.9 Å². The average Bonchev–Trinajstić information content (AvgIpc) is 0.784. The van der Waals surface area contributed by atoms with Crippen LogP contribution in [0.4, 0.5) is 5.69 Å². The van der Waals surface area contributed by atoms with Crippen LogP contribution in [-0.2, 0) is 57.3 Å². The SMILES string of the molecule is CNc1ccc(C(=O)CC(O)CC[C@H](C)C2OC(=O)C[C@H](O)CC(=O)C[C@H](O)C[C@H](O)C[C@H](O)C[C@H](O)C[C@]3(O)C[C@H](O)[C@@H](C(=O)NCCN(C)C)[C@H](C[C@@H](O[C@@H]4O[C@H](C)[C@@H](O)[C@H](NC(=O)CN(C)C)[C@@H]4O)/C=C/C=C/C=C/C=C/C=C/C=C/C=C/C2C)O3)cc1.N[C@@H](CC(=O)O)C(=O)O.N[C@@H](CC(=O)O)C(=O)O. The number of carbonyl (C=O) groups is 9. The lowest BCUT2D eigenvalue weighted by atomic mass is 9.82. The maximum Gasteiger partial charge on any atom is 0.321 e. The highest BCUT2D eigenvalue weighted by Gasteiger charge is 2.51. The largest absolute Gasteiger partial charge is 0.481 e. The van der Waals surface area contributed by atoms with Gasteiger partial charge in [0.2, 0.25) is 11.8 Å². The number of ether oxygens (including phenoxy) is 4. The van der Waals surface area contributed by atoms with Crippen LogP contribution in [0.3, 0.4) is 0 Å². The van der Waals surface area contributed by atoms with Gasteiger partial charge in [0.05, 0.1) is 98.8 Å². The van der Waals surface area contributed by atoms with Gasteiger partial charge in [-0.2, -0.15) is 0 Å². The molecular weight excluding hydrogens is 1430 g/mol. The van der Waals surface area contributed by atoms with Crippen molar-refractivity contribution in [1.82, 2.24) is 20.4 Å². The number of Topliss-reactive ketones (excluding diaryl/α,β-unsaturated/α-hetero) is 2. The van der Waals surface area contributed by atoms with E-state index in [2.05, 4.69) is 16.0 Å². The minimum Gasteiger partial charge on any atom is -0.481 e. The number of hydrogen-bond donors (Lipinski definition) is 19. The van der Waals surface area contributed by atoms with E-state index in [4.69, 9.17) is 50.8 Å². The number of hydrogen-bond acceptors (Lipinski definition) is 28. The molecule has 0 aromatic heterocycles. The number of cyclic esters (lactones) is 1. The van der Waals surface area contributed by atoms with Gasteiger partial charge >= 0.3 is 29.8 Å². The van der Waals surface area contributed by atoms with Crippen LogP contribution in [0, 0.1) is 17.8 Å². The number of rotatable bonds is 23. The minimum atomic E-state index is -2.32. The number of carbonyl (C=O) groups excluding carboxylic acids is 5. The zero-order chi connectivity index (χ0) is 82.3.